The summed E-state index contributed by atoms with van der Waals surface area (Å²) in [6.45, 7) is 0. The first-order valence-electron chi connectivity index (χ1n) is 10.0. The second kappa shape index (κ2) is 9.82. The lowest BCUT2D eigenvalue weighted by molar-refractivity contribution is -0.112. The van der Waals surface area contributed by atoms with E-state index in [1.54, 1.807) is 60.7 Å². The number of halogens is 1. The number of benzene rings is 4. The van der Waals surface area contributed by atoms with Gasteiger partial charge in [0, 0.05) is 10.7 Å². The van der Waals surface area contributed by atoms with Crippen molar-refractivity contribution in [3.63, 3.8) is 0 Å². The lowest BCUT2D eigenvalue weighted by Crippen LogP contribution is -2.13. The predicted octanol–water partition coefficient (Wildman–Crippen LogP) is 6.26. The second-order valence-electron chi connectivity index (χ2n) is 7.12. The molecule has 0 aliphatic rings. The molecule has 160 valence electrons. The van der Waals surface area contributed by atoms with Gasteiger partial charge in [-0.15, -0.1) is 0 Å². The van der Waals surface area contributed by atoms with Gasteiger partial charge < -0.3 is 10.1 Å². The van der Waals surface area contributed by atoms with Crippen LogP contribution in [0.25, 0.3) is 16.8 Å². The molecule has 4 aromatic carbocycles. The minimum atomic E-state index is -0.571. The van der Waals surface area contributed by atoms with Gasteiger partial charge in [-0.25, -0.2) is 4.79 Å². The van der Waals surface area contributed by atoms with Gasteiger partial charge in [0.1, 0.15) is 17.4 Å². The summed E-state index contributed by atoms with van der Waals surface area (Å²) in [7, 11) is 0. The topological polar surface area (TPSA) is 79.2 Å². The Morgan fingerprint density at radius 1 is 0.909 bits per heavy atom. The van der Waals surface area contributed by atoms with Gasteiger partial charge in [-0.2, -0.15) is 5.26 Å². The fourth-order valence-electron chi connectivity index (χ4n) is 3.31. The molecule has 6 heteroatoms. The van der Waals surface area contributed by atoms with E-state index in [2.05, 4.69) is 5.32 Å². The molecule has 1 N–H and O–H groups in total. The second-order valence-corrected chi connectivity index (χ2v) is 7.56. The number of amides is 1. The minimum absolute atomic E-state index is 0.104. The third-order valence-electron chi connectivity index (χ3n) is 4.84. The number of carbonyl (C=O) groups excluding carboxylic acids is 2. The molecule has 0 aliphatic heterocycles. The third-order valence-corrected chi connectivity index (χ3v) is 5.07. The number of anilines is 1. The molecule has 0 aliphatic carbocycles. The van der Waals surface area contributed by atoms with Crippen molar-refractivity contribution >= 4 is 46.0 Å². The van der Waals surface area contributed by atoms with Gasteiger partial charge >= 0.3 is 5.97 Å². The highest BCUT2D eigenvalue weighted by Crippen LogP contribution is 2.22. The number of fused-ring (bicyclic) bond motifs is 1. The first-order valence-corrected chi connectivity index (χ1v) is 10.4. The van der Waals surface area contributed by atoms with Gasteiger partial charge in [-0.3, -0.25) is 4.79 Å². The van der Waals surface area contributed by atoms with Crippen molar-refractivity contribution in [3.05, 3.63) is 113 Å². The van der Waals surface area contributed by atoms with E-state index in [0.717, 1.165) is 10.8 Å². The van der Waals surface area contributed by atoms with E-state index >= 15 is 0 Å². The largest absolute Gasteiger partial charge is 0.423 e. The highest BCUT2D eigenvalue weighted by Gasteiger charge is 2.13. The Hall–Kier alpha value is -4.40. The van der Waals surface area contributed by atoms with Crippen molar-refractivity contribution in [2.45, 2.75) is 0 Å². The van der Waals surface area contributed by atoms with E-state index in [0.29, 0.717) is 27.6 Å². The summed E-state index contributed by atoms with van der Waals surface area (Å²) in [5.41, 5.74) is 1.36. The number of nitrogens with one attached hydrogen (secondary N) is 1. The van der Waals surface area contributed by atoms with Crippen LogP contribution < -0.4 is 10.1 Å². The van der Waals surface area contributed by atoms with Gasteiger partial charge in [0.2, 0.25) is 0 Å². The Morgan fingerprint density at radius 2 is 1.67 bits per heavy atom. The van der Waals surface area contributed by atoms with Crippen LogP contribution in [0.3, 0.4) is 0 Å². The zero-order chi connectivity index (χ0) is 23.2. The zero-order valence-corrected chi connectivity index (χ0v) is 18.0. The molecule has 0 aromatic heterocycles. The van der Waals surface area contributed by atoms with Gasteiger partial charge in [0.15, 0.2) is 0 Å². The fraction of sp³-hybridized carbons (Fsp3) is 0. The molecule has 0 saturated carbocycles. The molecule has 0 radical (unpaired) electrons. The average Bonchev–Trinajstić information content (AvgIpc) is 2.82. The van der Waals surface area contributed by atoms with E-state index in [4.69, 9.17) is 16.3 Å². The summed E-state index contributed by atoms with van der Waals surface area (Å²) < 4.78 is 5.57. The average molecular weight is 453 g/mol. The van der Waals surface area contributed by atoms with Gasteiger partial charge in [-0.1, -0.05) is 66.2 Å². The number of esters is 1. The molecule has 0 unspecified atom stereocenters. The molecule has 0 spiro atoms. The SMILES string of the molecule is N#C/C(=C\c1cccc(OC(=O)c2cccc3ccccc23)c1)C(=O)Nc1cccc(Cl)c1. The summed E-state index contributed by atoms with van der Waals surface area (Å²) in [5, 5.41) is 14.3. The Morgan fingerprint density at radius 3 is 2.48 bits per heavy atom. The smallest absolute Gasteiger partial charge is 0.344 e. The molecule has 0 atom stereocenters. The Labute approximate surface area is 195 Å². The Balaban J connectivity index is 1.54. The molecule has 0 heterocycles. The number of carbonyl (C=O) groups is 2. The van der Waals surface area contributed by atoms with E-state index < -0.39 is 11.9 Å². The van der Waals surface area contributed by atoms with Crippen LogP contribution in [0.2, 0.25) is 5.02 Å². The van der Waals surface area contributed by atoms with E-state index in [1.165, 1.54) is 6.08 Å². The Bertz CT molecular complexity index is 1430. The van der Waals surface area contributed by atoms with Crippen LogP contribution in [0.1, 0.15) is 15.9 Å². The van der Waals surface area contributed by atoms with Crippen molar-refractivity contribution in [3.8, 4) is 11.8 Å². The molecule has 0 bridgehead atoms. The van der Waals surface area contributed by atoms with Crippen LogP contribution in [0.4, 0.5) is 5.69 Å². The standard InChI is InChI=1S/C27H17ClN2O3/c28-21-9-5-10-22(16-21)30-26(31)20(17-29)14-18-6-3-11-23(15-18)33-27(32)25-13-4-8-19-7-1-2-12-24(19)25/h1-16H,(H,30,31)/b20-14+. The first-order chi connectivity index (χ1) is 16.0. The highest BCUT2D eigenvalue weighted by atomic mass is 35.5. The van der Waals surface area contributed by atoms with Crippen molar-refractivity contribution in [2.24, 2.45) is 0 Å². The summed E-state index contributed by atoms with van der Waals surface area (Å²) in [6.07, 6.45) is 1.43. The summed E-state index contributed by atoms with van der Waals surface area (Å²) >= 11 is 5.93. The lowest BCUT2D eigenvalue weighted by Gasteiger charge is -2.08. The van der Waals surface area contributed by atoms with Crippen LogP contribution in [0.5, 0.6) is 5.75 Å². The summed E-state index contributed by atoms with van der Waals surface area (Å²) in [4.78, 5) is 25.3. The zero-order valence-electron chi connectivity index (χ0n) is 17.3. The fourth-order valence-corrected chi connectivity index (χ4v) is 3.50. The highest BCUT2D eigenvalue weighted by molar-refractivity contribution is 6.31. The molecule has 33 heavy (non-hydrogen) atoms. The molecule has 1 amide bonds. The molecular formula is C27H17ClN2O3. The Kier molecular flexibility index (Phi) is 6.49. The van der Waals surface area contributed by atoms with E-state index in [-0.39, 0.29) is 5.57 Å². The third kappa shape index (κ3) is 5.27. The monoisotopic (exact) mass is 452 g/mol. The molecule has 4 aromatic rings. The van der Waals surface area contributed by atoms with E-state index in [9.17, 15) is 14.9 Å². The number of rotatable bonds is 5. The van der Waals surface area contributed by atoms with Crippen molar-refractivity contribution in [1.82, 2.24) is 0 Å². The number of nitrogens with zero attached hydrogens (tertiary/aromatic N) is 1. The van der Waals surface area contributed by atoms with Crippen molar-refractivity contribution < 1.29 is 14.3 Å². The number of hydrogen-bond donors (Lipinski definition) is 1. The van der Waals surface area contributed by atoms with Crippen LogP contribution in [-0.4, -0.2) is 11.9 Å². The predicted molar refractivity (Wildman–Crippen MR) is 129 cm³/mol. The quantitative estimate of drug-likeness (QED) is 0.168. The molecule has 4 rings (SSSR count). The van der Waals surface area contributed by atoms with Crippen LogP contribution in [-0.2, 0) is 4.79 Å². The summed E-state index contributed by atoms with van der Waals surface area (Å²) in [6, 6.07) is 28.2. The van der Waals surface area contributed by atoms with Crippen LogP contribution in [0, 0.1) is 11.3 Å². The number of nitriles is 1. The maximum absolute atomic E-state index is 12.8. The minimum Gasteiger partial charge on any atom is -0.423 e. The maximum atomic E-state index is 12.8. The van der Waals surface area contributed by atoms with Crippen molar-refractivity contribution in [2.75, 3.05) is 5.32 Å². The van der Waals surface area contributed by atoms with Gasteiger partial charge in [0.25, 0.3) is 5.91 Å². The lowest BCUT2D eigenvalue weighted by atomic mass is 10.0. The van der Waals surface area contributed by atoms with E-state index in [1.807, 2.05) is 36.4 Å². The molecule has 5 nitrogen and oxygen atoms in total. The number of hydrogen-bond acceptors (Lipinski definition) is 4. The van der Waals surface area contributed by atoms with Crippen molar-refractivity contribution in [1.29, 1.82) is 5.26 Å². The number of ether oxygens (including phenoxy) is 1. The van der Waals surface area contributed by atoms with Crippen LogP contribution in [0.15, 0.2) is 96.6 Å². The molecule has 0 saturated heterocycles. The van der Waals surface area contributed by atoms with Gasteiger partial charge in [-0.05, 0) is 58.8 Å². The summed E-state index contributed by atoms with van der Waals surface area (Å²) in [5.74, 6) is -0.765. The molecular weight excluding hydrogens is 436 g/mol. The maximum Gasteiger partial charge on any atom is 0.344 e. The first kappa shape index (κ1) is 21.8. The van der Waals surface area contributed by atoms with Crippen LogP contribution >= 0.6 is 11.6 Å². The molecule has 0 fully saturated rings. The normalized spacial score (nSPS) is 11.0. The van der Waals surface area contributed by atoms with Gasteiger partial charge in [0.05, 0.1) is 5.56 Å².